The van der Waals surface area contributed by atoms with E-state index in [-0.39, 0.29) is 37.3 Å². The Bertz CT molecular complexity index is 4600. The summed E-state index contributed by atoms with van der Waals surface area (Å²) in [6.45, 7) is 20.7. The van der Waals surface area contributed by atoms with Crippen molar-refractivity contribution in [2.75, 3.05) is 0 Å². The van der Waals surface area contributed by atoms with Crippen molar-refractivity contribution in [2.45, 2.75) is 78.6 Å². The van der Waals surface area contributed by atoms with E-state index in [1.807, 2.05) is 18.3 Å². The third-order valence-electron chi connectivity index (χ3n) is 17.2. The molecular formula is C78H66N4OPtSi-2. The van der Waals surface area contributed by atoms with Gasteiger partial charge in [0.2, 0.25) is 0 Å². The zero-order valence-electron chi connectivity index (χ0n) is 49.5. The maximum Gasteiger partial charge on any atom is 0.268 e. The Morgan fingerprint density at radius 2 is 0.976 bits per heavy atom. The molecule has 0 saturated carbocycles. The van der Waals surface area contributed by atoms with Gasteiger partial charge in [0.1, 0.15) is 5.82 Å². The molecule has 13 aromatic rings. The van der Waals surface area contributed by atoms with Gasteiger partial charge in [-0.2, -0.15) is 18.2 Å². The summed E-state index contributed by atoms with van der Waals surface area (Å²) in [7, 11) is -2.90. The summed E-state index contributed by atoms with van der Waals surface area (Å²) < 4.78 is 13.8. The minimum Gasteiger partial charge on any atom is -0.510 e. The second-order valence-electron chi connectivity index (χ2n) is 25.6. The summed E-state index contributed by atoms with van der Waals surface area (Å²) in [5, 5.41) is 7.41. The summed E-state index contributed by atoms with van der Waals surface area (Å²) in [4.78, 5) is 5.15. The number of benzene rings is 10. The van der Waals surface area contributed by atoms with Gasteiger partial charge < -0.3 is 13.9 Å². The normalized spacial score (nSPS) is 12.4. The fourth-order valence-corrected chi connectivity index (χ4v) is 17.7. The third-order valence-corrected chi connectivity index (χ3v) is 21.9. The van der Waals surface area contributed by atoms with Gasteiger partial charge in [0.25, 0.3) is 6.33 Å². The number of aromatic nitrogens is 4. The standard InChI is InChI=1S/C78H66N4OSi.Pt/c1-76(2,3)52-43-44-79-73(47-52)82-71-49-56(39-41-65(71)66-42-40-60(50-72(66)82)84(57-27-13-10-14-28-57,58-29-15-11-16-30-58)59-31-17-12-18-32-59)83-55-26-23-25-54(48-55)80-51-81-74-68(45-53(77(4,5)6)46-69(74)78(7,8)9)64-36-22-20-34-62(64)61-33-19-21-35-63(61)67-37-24-38-70(80)75(67)81;/h10-47,50H,1-9H3;/q-2;. The van der Waals surface area contributed by atoms with Crippen LogP contribution in [0.1, 0.15) is 79.0 Å². The van der Waals surface area contributed by atoms with E-state index in [1.165, 1.54) is 65.3 Å². The molecule has 1 aliphatic rings. The molecule has 0 aliphatic carbocycles. The number of rotatable bonds is 8. The molecule has 3 aromatic heterocycles. The van der Waals surface area contributed by atoms with Crippen LogP contribution in [0, 0.1) is 18.5 Å². The van der Waals surface area contributed by atoms with Gasteiger partial charge in [0.05, 0.1) is 16.7 Å². The fraction of sp³-hybridized carbons (Fsp3) is 0.154. The minimum atomic E-state index is -2.90. The molecule has 7 heteroatoms. The van der Waals surface area contributed by atoms with Crippen molar-refractivity contribution < 1.29 is 30.4 Å². The van der Waals surface area contributed by atoms with Crippen molar-refractivity contribution in [3.63, 3.8) is 0 Å². The smallest absolute Gasteiger partial charge is 0.268 e. The number of fused-ring (bicyclic) bond motifs is 10. The largest absolute Gasteiger partial charge is 0.510 e. The van der Waals surface area contributed by atoms with Crippen LogP contribution in [-0.2, 0) is 37.3 Å². The molecule has 5 nitrogen and oxygen atoms in total. The predicted molar refractivity (Wildman–Crippen MR) is 350 cm³/mol. The van der Waals surface area contributed by atoms with Crippen LogP contribution in [0.2, 0.25) is 0 Å². The Hall–Kier alpha value is -8.67. The van der Waals surface area contributed by atoms with Crippen LogP contribution < -0.4 is 30.1 Å². The van der Waals surface area contributed by atoms with Gasteiger partial charge in [-0.25, -0.2) is 4.98 Å². The first-order chi connectivity index (χ1) is 40.6. The number of nitrogens with zero attached hydrogens (tertiary/aromatic N) is 4. The van der Waals surface area contributed by atoms with Crippen LogP contribution in [0.25, 0.3) is 83.4 Å². The molecule has 10 aromatic carbocycles. The second-order valence-corrected chi connectivity index (χ2v) is 29.4. The van der Waals surface area contributed by atoms with Crippen LogP contribution in [0.15, 0.2) is 237 Å². The van der Waals surface area contributed by atoms with E-state index in [4.69, 9.17) is 9.72 Å². The summed E-state index contributed by atoms with van der Waals surface area (Å²) in [5.74, 6) is 1.96. The average molecular weight is 1300 g/mol. The second kappa shape index (κ2) is 21.1. The van der Waals surface area contributed by atoms with Crippen molar-refractivity contribution >= 4 is 61.7 Å². The Labute approximate surface area is 515 Å². The van der Waals surface area contributed by atoms with Gasteiger partial charge in [-0.15, -0.1) is 29.7 Å². The summed E-state index contributed by atoms with van der Waals surface area (Å²) >= 11 is 0. The van der Waals surface area contributed by atoms with Crippen LogP contribution in [-0.4, -0.2) is 22.2 Å². The predicted octanol–water partition coefficient (Wildman–Crippen LogP) is 16.2. The Morgan fingerprint density at radius 3 is 1.58 bits per heavy atom. The molecule has 0 radical (unpaired) electrons. The zero-order valence-corrected chi connectivity index (χ0v) is 52.8. The molecule has 0 unspecified atom stereocenters. The molecule has 0 amide bonds. The molecule has 0 spiro atoms. The Morgan fingerprint density at radius 1 is 0.435 bits per heavy atom. The third kappa shape index (κ3) is 9.42. The molecule has 14 rings (SSSR count). The Kier molecular flexibility index (Phi) is 13.8. The van der Waals surface area contributed by atoms with E-state index in [9.17, 15) is 0 Å². The average Bonchev–Trinajstić information content (AvgIpc) is 1.85. The summed E-state index contributed by atoms with van der Waals surface area (Å²) in [6.07, 6.45) is 5.92. The first kappa shape index (κ1) is 55.5. The first-order valence-corrected chi connectivity index (χ1v) is 31.3. The molecule has 0 fully saturated rings. The summed E-state index contributed by atoms with van der Waals surface area (Å²) in [6, 6.07) is 92.1. The molecular weight excluding hydrogens is 1230 g/mol. The molecule has 0 saturated heterocycles. The van der Waals surface area contributed by atoms with E-state index in [0.29, 0.717) is 11.5 Å². The van der Waals surface area contributed by atoms with Gasteiger partial charge in [-0.05, 0) is 116 Å². The maximum atomic E-state index is 6.98. The van der Waals surface area contributed by atoms with Crippen molar-refractivity contribution in [3.8, 4) is 62.1 Å². The molecule has 4 heterocycles. The molecule has 0 N–H and O–H groups in total. The number of ether oxygens (including phenoxy) is 1. The SMILES string of the molecule is CC(C)(C)c1ccnc(-n2c3[c-]c(Oc4[c-]c(-n5[c-][n+]6c7c(cccc75)-c5ccccc5-c5ccccc5-c5cc(C(C)(C)C)cc(C(C)(C)C)c5-6)ccc4)ccc3c3ccc([Si](c4ccccc4)(c4ccccc4)c4ccccc4)cc32)c1.[Pt]. The van der Waals surface area contributed by atoms with Crippen molar-refractivity contribution in [2.24, 2.45) is 0 Å². The van der Waals surface area contributed by atoms with E-state index in [2.05, 4.69) is 313 Å². The molecule has 0 atom stereocenters. The summed E-state index contributed by atoms with van der Waals surface area (Å²) in [5.41, 5.74) is 16.3. The van der Waals surface area contributed by atoms with Crippen LogP contribution in [0.4, 0.5) is 0 Å². The van der Waals surface area contributed by atoms with E-state index in [0.717, 1.165) is 55.6 Å². The van der Waals surface area contributed by atoms with E-state index >= 15 is 0 Å². The van der Waals surface area contributed by atoms with Gasteiger partial charge in [-0.1, -0.05) is 250 Å². The van der Waals surface area contributed by atoms with Gasteiger partial charge in [0, 0.05) is 44.3 Å². The molecule has 85 heavy (non-hydrogen) atoms. The monoisotopic (exact) mass is 1300 g/mol. The van der Waals surface area contributed by atoms with Gasteiger partial charge in [0.15, 0.2) is 8.07 Å². The molecule has 1 aliphatic heterocycles. The van der Waals surface area contributed by atoms with Crippen molar-refractivity contribution in [3.05, 3.63) is 272 Å². The number of hydrogen-bond donors (Lipinski definition) is 0. The van der Waals surface area contributed by atoms with Crippen molar-refractivity contribution in [1.82, 2.24) is 14.1 Å². The zero-order chi connectivity index (χ0) is 57.7. The molecule has 420 valence electrons. The van der Waals surface area contributed by atoms with Crippen molar-refractivity contribution in [1.29, 1.82) is 0 Å². The number of para-hydroxylation sites is 1. The van der Waals surface area contributed by atoms with E-state index in [1.54, 1.807) is 0 Å². The van der Waals surface area contributed by atoms with Crippen LogP contribution >= 0.6 is 0 Å². The molecule has 0 bridgehead atoms. The topological polar surface area (TPSA) is 35.9 Å². The number of hydrogen-bond acceptors (Lipinski definition) is 2. The number of pyridine rings is 1. The fourth-order valence-electron chi connectivity index (χ4n) is 13.0. The van der Waals surface area contributed by atoms with Gasteiger partial charge in [-0.3, -0.25) is 4.57 Å². The quantitative estimate of drug-likeness (QED) is 0.0658. The maximum absolute atomic E-state index is 6.98. The first-order valence-electron chi connectivity index (χ1n) is 29.3. The minimum absolute atomic E-state index is 0. The van der Waals surface area contributed by atoms with Gasteiger partial charge >= 0.3 is 0 Å². The van der Waals surface area contributed by atoms with Crippen LogP contribution in [0.3, 0.4) is 0 Å². The number of imidazole rings is 1. The van der Waals surface area contributed by atoms with Crippen LogP contribution in [0.5, 0.6) is 11.5 Å². The van der Waals surface area contributed by atoms with E-state index < -0.39 is 8.07 Å². The Balaban J connectivity index is 0.00000672.